The number of carbonyl (C=O) groups is 3. The van der Waals surface area contributed by atoms with E-state index in [-0.39, 0.29) is 17.8 Å². The molecule has 1 N–H and O–H groups in total. The van der Waals surface area contributed by atoms with Crippen LogP contribution in [0.15, 0.2) is 84.9 Å². The van der Waals surface area contributed by atoms with E-state index in [4.69, 9.17) is 0 Å². The first-order chi connectivity index (χ1) is 14.8. The molecule has 0 aliphatic heterocycles. The lowest BCUT2D eigenvalue weighted by molar-refractivity contribution is -0.129. The van der Waals surface area contributed by atoms with Crippen LogP contribution in [0.25, 0.3) is 0 Å². The van der Waals surface area contributed by atoms with Crippen LogP contribution in [-0.4, -0.2) is 17.5 Å². The van der Waals surface area contributed by atoms with Crippen molar-refractivity contribution in [3.05, 3.63) is 102 Å². The number of nitrogens with one attached hydrogen (secondary N) is 1. The molecule has 0 aromatic heterocycles. The topological polar surface area (TPSA) is 63.2 Å². The van der Waals surface area contributed by atoms with Crippen LogP contribution in [0.4, 0.5) is 10.1 Å². The Kier molecular flexibility index (Phi) is 6.75. The molecule has 3 aromatic rings. The number of anilines is 1. The molecule has 0 aliphatic carbocycles. The van der Waals surface area contributed by atoms with Crippen LogP contribution >= 0.6 is 0 Å². The minimum absolute atomic E-state index is 0.173. The number of hydrogen-bond acceptors (Lipinski definition) is 3. The number of rotatable bonds is 8. The summed E-state index contributed by atoms with van der Waals surface area (Å²) in [5, 5.41) is 2.77. The maximum absolute atomic E-state index is 13.8. The summed E-state index contributed by atoms with van der Waals surface area (Å²) < 4.78 is 13.5. The first kappa shape index (κ1) is 22.1. The Morgan fingerprint density at radius 3 is 1.94 bits per heavy atom. The molecule has 1 amide bonds. The van der Waals surface area contributed by atoms with Crippen molar-refractivity contribution in [2.45, 2.75) is 25.7 Å². The molecule has 1 unspecified atom stereocenters. The van der Waals surface area contributed by atoms with Gasteiger partial charge in [0.25, 0.3) is 0 Å². The number of Topliss-reactive ketones (excluding diaryl/α,β-unsaturated/α-hetero) is 2. The number of carbonyl (C=O) groups excluding carboxylic acids is 3. The van der Waals surface area contributed by atoms with Gasteiger partial charge in [-0.2, -0.15) is 0 Å². The lowest BCUT2D eigenvalue weighted by atomic mass is 9.66. The summed E-state index contributed by atoms with van der Waals surface area (Å²) in [6, 6.07) is 22.5. The number of ketones is 2. The first-order valence-electron chi connectivity index (χ1n) is 10.1. The van der Waals surface area contributed by atoms with Crippen molar-refractivity contribution in [1.29, 1.82) is 0 Å². The highest BCUT2D eigenvalue weighted by Crippen LogP contribution is 2.36. The van der Waals surface area contributed by atoms with Crippen LogP contribution in [0.5, 0.6) is 0 Å². The molecule has 0 spiro atoms. The molecular formula is C26H24FNO3. The number of hydrogen-bond donors (Lipinski definition) is 1. The maximum atomic E-state index is 13.8. The van der Waals surface area contributed by atoms with Gasteiger partial charge >= 0.3 is 0 Å². The summed E-state index contributed by atoms with van der Waals surface area (Å²) in [4.78, 5) is 40.4. The number of amides is 1. The van der Waals surface area contributed by atoms with Crippen molar-refractivity contribution in [2.75, 3.05) is 5.32 Å². The molecule has 0 saturated heterocycles. The van der Waals surface area contributed by atoms with Crippen molar-refractivity contribution >= 4 is 23.2 Å². The van der Waals surface area contributed by atoms with Gasteiger partial charge in [-0.15, -0.1) is 0 Å². The van der Waals surface area contributed by atoms with Crippen molar-refractivity contribution in [1.82, 2.24) is 0 Å². The molecule has 4 nitrogen and oxygen atoms in total. The van der Waals surface area contributed by atoms with Gasteiger partial charge in [-0.05, 0) is 42.0 Å². The van der Waals surface area contributed by atoms with E-state index in [9.17, 15) is 18.8 Å². The average Bonchev–Trinajstić information content (AvgIpc) is 2.78. The Bertz CT molecular complexity index is 1060. The van der Waals surface area contributed by atoms with E-state index in [1.54, 1.807) is 68.4 Å². The molecular weight excluding hydrogens is 393 g/mol. The van der Waals surface area contributed by atoms with E-state index < -0.39 is 28.8 Å². The van der Waals surface area contributed by atoms with Crippen molar-refractivity contribution in [2.24, 2.45) is 5.92 Å². The van der Waals surface area contributed by atoms with Crippen LogP contribution < -0.4 is 5.32 Å². The smallest absolute Gasteiger partial charge is 0.226 e. The minimum atomic E-state index is -1.73. The van der Waals surface area contributed by atoms with Gasteiger partial charge in [-0.25, -0.2) is 4.39 Å². The van der Waals surface area contributed by atoms with Gasteiger partial charge < -0.3 is 5.32 Å². The quantitative estimate of drug-likeness (QED) is 0.405. The summed E-state index contributed by atoms with van der Waals surface area (Å²) in [5.74, 6) is -2.34. The van der Waals surface area contributed by atoms with Crippen LogP contribution in [0.2, 0.25) is 0 Å². The third-order valence-electron chi connectivity index (χ3n) is 5.19. The van der Waals surface area contributed by atoms with E-state index in [1.165, 1.54) is 24.3 Å². The Morgan fingerprint density at radius 1 is 0.839 bits per heavy atom. The largest absolute Gasteiger partial charge is 0.326 e. The van der Waals surface area contributed by atoms with Gasteiger partial charge in [0.05, 0.1) is 6.42 Å². The minimum Gasteiger partial charge on any atom is -0.326 e. The molecule has 0 heterocycles. The Hall–Kier alpha value is -3.60. The van der Waals surface area contributed by atoms with Crippen molar-refractivity contribution < 1.29 is 18.8 Å². The van der Waals surface area contributed by atoms with Gasteiger partial charge in [0, 0.05) is 17.2 Å². The van der Waals surface area contributed by atoms with E-state index in [0.717, 1.165) is 0 Å². The monoisotopic (exact) mass is 417 g/mol. The van der Waals surface area contributed by atoms with E-state index >= 15 is 0 Å². The standard InChI is InChI=1S/C26H24FNO3/c1-18(2)24(30)26(20-9-5-3-6-10-20,25(31)19-13-15-21(27)16-14-19)17-23(29)28-22-11-7-4-8-12-22/h3-16,18H,17H2,1-2H3,(H,28,29). The Balaban J connectivity index is 2.12. The van der Waals surface area contributed by atoms with Crippen LogP contribution in [0, 0.1) is 11.7 Å². The molecule has 1 atom stereocenters. The van der Waals surface area contributed by atoms with E-state index in [2.05, 4.69) is 5.32 Å². The number of benzene rings is 3. The molecule has 5 heteroatoms. The van der Waals surface area contributed by atoms with E-state index in [0.29, 0.717) is 11.3 Å². The van der Waals surface area contributed by atoms with Crippen molar-refractivity contribution in [3.8, 4) is 0 Å². The first-order valence-corrected chi connectivity index (χ1v) is 10.1. The highest BCUT2D eigenvalue weighted by Gasteiger charge is 2.49. The van der Waals surface area contributed by atoms with E-state index in [1.807, 2.05) is 6.07 Å². The lowest BCUT2D eigenvalue weighted by Crippen LogP contribution is -2.48. The second kappa shape index (κ2) is 9.47. The molecule has 3 rings (SSSR count). The highest BCUT2D eigenvalue weighted by molar-refractivity contribution is 6.22. The summed E-state index contributed by atoms with van der Waals surface area (Å²) in [6.45, 7) is 3.40. The van der Waals surface area contributed by atoms with Gasteiger partial charge in [0.15, 0.2) is 11.6 Å². The normalized spacial score (nSPS) is 12.8. The predicted molar refractivity (Wildman–Crippen MR) is 118 cm³/mol. The zero-order chi connectivity index (χ0) is 22.4. The fourth-order valence-corrected chi connectivity index (χ4v) is 3.69. The third kappa shape index (κ3) is 4.77. The Labute approximate surface area is 181 Å². The highest BCUT2D eigenvalue weighted by atomic mass is 19.1. The SMILES string of the molecule is CC(C)C(=O)C(CC(=O)Nc1ccccc1)(C(=O)c1ccc(F)cc1)c1ccccc1. The molecule has 0 saturated carbocycles. The van der Waals surface area contributed by atoms with Gasteiger partial charge in [-0.1, -0.05) is 62.4 Å². The second-order valence-corrected chi connectivity index (χ2v) is 7.72. The summed E-state index contributed by atoms with van der Waals surface area (Å²) in [5.41, 5.74) is -0.551. The van der Waals surface area contributed by atoms with Crippen LogP contribution in [-0.2, 0) is 15.0 Å². The Morgan fingerprint density at radius 2 is 1.39 bits per heavy atom. The van der Waals surface area contributed by atoms with Crippen LogP contribution in [0.1, 0.15) is 36.2 Å². The predicted octanol–water partition coefficient (Wildman–Crippen LogP) is 5.20. The lowest BCUT2D eigenvalue weighted by Gasteiger charge is -2.33. The summed E-state index contributed by atoms with van der Waals surface area (Å²) in [7, 11) is 0. The fraction of sp³-hybridized carbons (Fsp3) is 0.192. The molecule has 0 bridgehead atoms. The maximum Gasteiger partial charge on any atom is 0.226 e. The molecule has 3 aromatic carbocycles. The molecule has 0 radical (unpaired) electrons. The molecule has 158 valence electrons. The summed E-state index contributed by atoms with van der Waals surface area (Å²) in [6.07, 6.45) is -0.362. The average molecular weight is 417 g/mol. The van der Waals surface area contributed by atoms with Crippen molar-refractivity contribution in [3.63, 3.8) is 0 Å². The summed E-state index contributed by atoms with van der Waals surface area (Å²) >= 11 is 0. The molecule has 31 heavy (non-hydrogen) atoms. The van der Waals surface area contributed by atoms with Gasteiger partial charge in [0.2, 0.25) is 5.91 Å². The number of halogens is 1. The van der Waals surface area contributed by atoms with Gasteiger partial charge in [0.1, 0.15) is 11.2 Å². The second-order valence-electron chi connectivity index (χ2n) is 7.72. The molecule has 0 fully saturated rings. The number of para-hydroxylation sites is 1. The third-order valence-corrected chi connectivity index (χ3v) is 5.19. The van der Waals surface area contributed by atoms with Crippen LogP contribution in [0.3, 0.4) is 0 Å². The molecule has 0 aliphatic rings. The van der Waals surface area contributed by atoms with Gasteiger partial charge in [-0.3, -0.25) is 14.4 Å². The zero-order valence-electron chi connectivity index (χ0n) is 17.5. The fourth-order valence-electron chi connectivity index (χ4n) is 3.69. The zero-order valence-corrected chi connectivity index (χ0v) is 17.5.